The van der Waals surface area contributed by atoms with Crippen molar-refractivity contribution >= 4 is 47.8 Å². The van der Waals surface area contributed by atoms with Crippen molar-refractivity contribution in [3.05, 3.63) is 263 Å². The largest absolute Gasteiger partial charge is 0.208 e. The molecule has 0 amide bonds. The molecule has 0 N–H and O–H groups in total. The van der Waals surface area contributed by atoms with Crippen molar-refractivity contribution in [2.75, 3.05) is 0 Å². The van der Waals surface area contributed by atoms with E-state index < -0.39 is 0 Å². The normalized spacial score (nSPS) is 10.9. The molecule has 0 atom stereocenters. The van der Waals surface area contributed by atoms with Crippen molar-refractivity contribution in [2.24, 2.45) is 0 Å². The van der Waals surface area contributed by atoms with Crippen molar-refractivity contribution in [2.45, 2.75) is 69.2 Å². The molecular weight excluding hydrogens is 1240 g/mol. The monoisotopic (exact) mass is 1300 g/mol. The van der Waals surface area contributed by atoms with E-state index in [9.17, 15) is 0 Å². The Morgan fingerprint density at radius 3 is 0.800 bits per heavy atom. The summed E-state index contributed by atoms with van der Waals surface area (Å²) in [6.45, 7) is 21.2. The number of hydrogen-bond donors (Lipinski definition) is 0. The quantitative estimate of drug-likeness (QED) is 0.139. The summed E-state index contributed by atoms with van der Waals surface area (Å²) in [6.07, 6.45) is 0. The molecule has 3 aromatic heterocycles. The third kappa shape index (κ3) is 13.2. The van der Waals surface area contributed by atoms with Gasteiger partial charge in [-0.25, -0.2) is 44.9 Å². The summed E-state index contributed by atoms with van der Waals surface area (Å²) in [5.41, 5.74) is 20.9. The number of benzene rings is 9. The maximum absolute atomic E-state index is 4.90. The summed E-state index contributed by atoms with van der Waals surface area (Å²) >= 11 is 11.1. The number of halogens is 3. The van der Waals surface area contributed by atoms with E-state index in [2.05, 4.69) is 129 Å². The molecule has 9 aromatic carbocycles. The average Bonchev–Trinajstić information content (AvgIpc) is 3.36. The Balaban J connectivity index is 0.000000142. The molecule has 9 nitrogen and oxygen atoms in total. The van der Waals surface area contributed by atoms with Gasteiger partial charge in [-0.3, -0.25) is 0 Å². The third-order valence-corrected chi connectivity index (χ3v) is 18.6. The average molecular weight is 1310 g/mol. The van der Waals surface area contributed by atoms with E-state index in [1.54, 1.807) is 0 Å². The van der Waals surface area contributed by atoms with Crippen LogP contribution in [0, 0.1) is 69.2 Å². The van der Waals surface area contributed by atoms with Gasteiger partial charge in [-0.15, -0.1) is 0 Å². The maximum atomic E-state index is 4.90. The van der Waals surface area contributed by atoms with Gasteiger partial charge < -0.3 is 0 Å². The molecule has 12 rings (SSSR count). The lowest BCUT2D eigenvalue weighted by atomic mass is 9.93. The first-order valence-corrected chi connectivity index (χ1v) is 30.3. The molecule has 12 aromatic rings. The molecule has 0 saturated carbocycles. The molecule has 0 fully saturated rings. The van der Waals surface area contributed by atoms with Crippen LogP contribution in [-0.2, 0) is 0 Å². The van der Waals surface area contributed by atoms with Gasteiger partial charge >= 0.3 is 0 Å². The molecule has 3 heterocycles. The van der Waals surface area contributed by atoms with Gasteiger partial charge in [0.25, 0.3) is 0 Å². The van der Waals surface area contributed by atoms with Crippen LogP contribution in [0.1, 0.15) is 55.6 Å². The first-order valence-electron chi connectivity index (χ1n) is 28.0. The Morgan fingerprint density at radius 2 is 0.482 bits per heavy atom. The van der Waals surface area contributed by atoms with Gasteiger partial charge in [0.05, 0.1) is 0 Å². The van der Waals surface area contributed by atoms with Crippen LogP contribution < -0.4 is 0 Å². The van der Waals surface area contributed by atoms with Crippen LogP contribution in [0.3, 0.4) is 0 Å². The molecule has 0 aliphatic carbocycles. The Labute approximate surface area is 523 Å². The fraction of sp³-hybridized carbons (Fsp3) is 0.137. The summed E-state index contributed by atoms with van der Waals surface area (Å²) < 4.78 is 3.39. The lowest BCUT2D eigenvalue weighted by molar-refractivity contribution is 1.06. The van der Waals surface area contributed by atoms with Gasteiger partial charge in [-0.1, -0.05) is 230 Å². The van der Waals surface area contributed by atoms with E-state index in [1.807, 2.05) is 182 Å². The lowest BCUT2D eigenvalue weighted by Crippen LogP contribution is -2.04. The molecule has 0 unspecified atom stereocenters. The Hall–Kier alpha value is -8.55. The Bertz CT molecular complexity index is 4160. The number of hydrogen-bond acceptors (Lipinski definition) is 9. The molecule has 0 aliphatic heterocycles. The first kappa shape index (κ1) is 59.6. The minimum absolute atomic E-state index is 0.682. The summed E-state index contributed by atoms with van der Waals surface area (Å²) in [7, 11) is 0. The minimum Gasteiger partial charge on any atom is -0.208 e. The van der Waals surface area contributed by atoms with E-state index in [0.717, 1.165) is 69.1 Å². The topological polar surface area (TPSA) is 116 Å². The van der Waals surface area contributed by atoms with Crippen molar-refractivity contribution in [3.63, 3.8) is 0 Å². The molecular formula is C73H62Br3N9. The highest BCUT2D eigenvalue weighted by molar-refractivity contribution is 9.11. The summed E-state index contributed by atoms with van der Waals surface area (Å²) in [5, 5.41) is 0. The SMILES string of the molecule is Cc1c(C)c(-c2nc(-c3ccccc3)nc(-c3ccccc3)n2)c(C)c(C)c1Br.Cc1cc(-c2nc(-c3ccccc3)nc(-c3ccccc3)n2)c(C)c(C)c1Br.Cc1cc(Br)c(C)c(C)c1-c1nc(-c2ccccc2)nc(-c2ccccc2)n1. The van der Waals surface area contributed by atoms with E-state index in [0.29, 0.717) is 52.4 Å². The van der Waals surface area contributed by atoms with E-state index in [4.69, 9.17) is 44.9 Å². The molecule has 85 heavy (non-hydrogen) atoms. The molecule has 420 valence electrons. The zero-order valence-corrected chi connectivity index (χ0v) is 53.9. The minimum atomic E-state index is 0.682. The highest BCUT2D eigenvalue weighted by Crippen LogP contribution is 2.38. The number of aromatic nitrogens is 9. The molecule has 0 radical (unpaired) electrons. The van der Waals surface area contributed by atoms with Gasteiger partial charge in [0.2, 0.25) is 0 Å². The molecule has 0 aliphatic rings. The van der Waals surface area contributed by atoms with Crippen molar-refractivity contribution in [3.8, 4) is 102 Å². The lowest BCUT2D eigenvalue weighted by Gasteiger charge is -2.17. The fourth-order valence-corrected chi connectivity index (χ4v) is 11.7. The molecule has 12 heteroatoms. The molecule has 0 saturated heterocycles. The summed E-state index contributed by atoms with van der Waals surface area (Å²) in [4.78, 5) is 43.5. The molecule has 0 spiro atoms. The Kier molecular flexibility index (Phi) is 18.6. The number of rotatable bonds is 9. The van der Waals surface area contributed by atoms with Crippen molar-refractivity contribution in [1.82, 2.24) is 44.9 Å². The van der Waals surface area contributed by atoms with Gasteiger partial charge in [-0.05, 0) is 137 Å². The second-order valence-corrected chi connectivity index (χ2v) is 23.3. The van der Waals surface area contributed by atoms with E-state index in [-0.39, 0.29) is 0 Å². The van der Waals surface area contributed by atoms with E-state index >= 15 is 0 Å². The van der Waals surface area contributed by atoms with Crippen LogP contribution in [0.4, 0.5) is 0 Å². The summed E-state index contributed by atoms with van der Waals surface area (Å²) in [5.74, 6) is 6.23. The van der Waals surface area contributed by atoms with Crippen LogP contribution in [0.25, 0.3) is 102 Å². The summed E-state index contributed by atoms with van der Waals surface area (Å²) in [6, 6.07) is 64.6. The maximum Gasteiger partial charge on any atom is 0.164 e. The van der Waals surface area contributed by atoms with Gasteiger partial charge in [-0.2, -0.15) is 0 Å². The van der Waals surface area contributed by atoms with Crippen LogP contribution in [-0.4, -0.2) is 44.9 Å². The predicted molar refractivity (Wildman–Crippen MR) is 359 cm³/mol. The highest BCUT2D eigenvalue weighted by atomic mass is 79.9. The zero-order chi connectivity index (χ0) is 59.9. The fourth-order valence-electron chi connectivity index (χ4n) is 10.0. The van der Waals surface area contributed by atoms with Gasteiger partial charge in [0.15, 0.2) is 52.4 Å². The van der Waals surface area contributed by atoms with Crippen LogP contribution in [0.2, 0.25) is 0 Å². The highest BCUT2D eigenvalue weighted by Gasteiger charge is 2.22. The third-order valence-electron chi connectivity index (χ3n) is 15.4. The number of nitrogens with zero attached hydrogens (tertiary/aromatic N) is 9. The second kappa shape index (κ2) is 26.6. The second-order valence-electron chi connectivity index (χ2n) is 20.9. The smallest absolute Gasteiger partial charge is 0.164 e. The standard InChI is InChI=1S/C25H22BrN3.2C24H20BrN3/c1-15-17(3)22(26)18(4)16(2)21(15)25-28-23(19-11-7-5-8-12-19)27-24(29-25)20-13-9-6-10-14-20;1-15-14-20(25)16(2)17(3)21(15)24-27-22(18-10-6-4-7-11-18)26-23(28-24)19-12-8-5-9-13-19;1-15-14-20(16(2)17(3)21(15)25)24-27-22(18-10-6-4-7-11-18)26-23(28-24)19-12-8-5-9-13-19/h5-14H,1-4H3;2*4-14H,1-3H3. The zero-order valence-electron chi connectivity index (χ0n) is 49.1. The number of aryl methyl sites for hydroxylation is 2. The van der Waals surface area contributed by atoms with Crippen molar-refractivity contribution < 1.29 is 0 Å². The van der Waals surface area contributed by atoms with Gasteiger partial charge in [0.1, 0.15) is 0 Å². The van der Waals surface area contributed by atoms with Crippen LogP contribution in [0.15, 0.2) is 208 Å². The van der Waals surface area contributed by atoms with E-state index in [1.165, 1.54) is 50.1 Å². The van der Waals surface area contributed by atoms with Crippen molar-refractivity contribution in [1.29, 1.82) is 0 Å². The van der Waals surface area contributed by atoms with Crippen LogP contribution in [0.5, 0.6) is 0 Å². The first-order chi connectivity index (χ1) is 41.1. The van der Waals surface area contributed by atoms with Gasteiger partial charge in [0, 0.05) is 63.5 Å². The molecule has 0 bridgehead atoms. The Morgan fingerprint density at radius 1 is 0.224 bits per heavy atom. The predicted octanol–water partition coefficient (Wildman–Crippen LogP) is 20.0. The van der Waals surface area contributed by atoms with Crippen LogP contribution >= 0.6 is 47.8 Å².